The molecule has 0 atom stereocenters. The summed E-state index contributed by atoms with van der Waals surface area (Å²) in [7, 11) is 0. The fraction of sp³-hybridized carbons (Fsp3) is 0.222. The minimum Gasteiger partial charge on any atom is -0.481 e. The van der Waals surface area contributed by atoms with Crippen molar-refractivity contribution in [2.45, 2.75) is 12.7 Å². The molecule has 142 valence electrons. The van der Waals surface area contributed by atoms with E-state index in [4.69, 9.17) is 10.00 Å². The standard InChI is InChI=1S/C18H13BrF4N2O2/c19-14-5-6-16(15(20)7-14)27-10-17(26)25(11-18(21,22)23)9-13-3-1-12(8-24)2-4-13/h1-7H,9-11H2. The van der Waals surface area contributed by atoms with Gasteiger partial charge in [-0.2, -0.15) is 18.4 Å². The number of halogens is 5. The molecule has 9 heteroatoms. The molecule has 0 N–H and O–H groups in total. The molecule has 0 unspecified atom stereocenters. The van der Waals surface area contributed by atoms with Crippen LogP contribution in [0.5, 0.6) is 5.75 Å². The third-order valence-electron chi connectivity index (χ3n) is 3.42. The summed E-state index contributed by atoms with van der Waals surface area (Å²) in [5.74, 6) is -1.93. The highest BCUT2D eigenvalue weighted by Gasteiger charge is 2.33. The summed E-state index contributed by atoms with van der Waals surface area (Å²) in [5, 5.41) is 8.76. The first-order chi connectivity index (χ1) is 12.7. The summed E-state index contributed by atoms with van der Waals surface area (Å²) in [4.78, 5) is 12.8. The van der Waals surface area contributed by atoms with Gasteiger partial charge >= 0.3 is 6.18 Å². The smallest absolute Gasteiger partial charge is 0.406 e. The first kappa shape index (κ1) is 20.7. The Hall–Kier alpha value is -2.60. The molecule has 0 heterocycles. The molecule has 0 bridgehead atoms. The zero-order valence-electron chi connectivity index (χ0n) is 13.8. The van der Waals surface area contributed by atoms with Crippen molar-refractivity contribution >= 4 is 21.8 Å². The summed E-state index contributed by atoms with van der Waals surface area (Å²) in [6.45, 7) is -2.54. The number of ether oxygens (including phenoxy) is 1. The highest BCUT2D eigenvalue weighted by Crippen LogP contribution is 2.22. The second-order valence-corrected chi connectivity index (χ2v) is 6.45. The van der Waals surface area contributed by atoms with E-state index in [0.717, 1.165) is 6.07 Å². The van der Waals surface area contributed by atoms with E-state index in [1.807, 2.05) is 6.07 Å². The van der Waals surface area contributed by atoms with E-state index in [9.17, 15) is 22.4 Å². The number of benzene rings is 2. The number of rotatable bonds is 6. The topological polar surface area (TPSA) is 53.3 Å². The second-order valence-electron chi connectivity index (χ2n) is 5.54. The molecule has 2 aromatic rings. The van der Waals surface area contributed by atoms with Crippen LogP contribution in [0.3, 0.4) is 0 Å². The molecule has 0 fully saturated rings. The van der Waals surface area contributed by atoms with E-state index in [2.05, 4.69) is 15.9 Å². The Labute approximate surface area is 161 Å². The first-order valence-electron chi connectivity index (χ1n) is 7.59. The van der Waals surface area contributed by atoms with Crippen LogP contribution in [0.4, 0.5) is 17.6 Å². The molecule has 2 rings (SSSR count). The maximum atomic E-state index is 13.7. The van der Waals surface area contributed by atoms with Crippen LogP contribution >= 0.6 is 15.9 Å². The van der Waals surface area contributed by atoms with Crippen LogP contribution in [0.15, 0.2) is 46.9 Å². The first-order valence-corrected chi connectivity index (χ1v) is 8.38. The monoisotopic (exact) mass is 444 g/mol. The van der Waals surface area contributed by atoms with E-state index in [-0.39, 0.29) is 12.3 Å². The van der Waals surface area contributed by atoms with Crippen molar-refractivity contribution in [1.29, 1.82) is 5.26 Å². The van der Waals surface area contributed by atoms with Gasteiger partial charge in [0.15, 0.2) is 18.2 Å². The van der Waals surface area contributed by atoms with E-state index < -0.39 is 31.1 Å². The molecule has 1 amide bonds. The molecule has 0 aliphatic heterocycles. The van der Waals surface area contributed by atoms with Crippen molar-refractivity contribution < 1.29 is 27.1 Å². The molecule has 0 saturated carbocycles. The number of nitriles is 1. The Balaban J connectivity index is 2.09. The van der Waals surface area contributed by atoms with Gasteiger partial charge in [-0.25, -0.2) is 4.39 Å². The number of hydrogen-bond acceptors (Lipinski definition) is 3. The molecule has 0 aromatic heterocycles. The predicted octanol–water partition coefficient (Wildman–Crippen LogP) is 4.43. The minimum atomic E-state index is -4.61. The Kier molecular flexibility index (Phi) is 6.80. The largest absolute Gasteiger partial charge is 0.481 e. The van der Waals surface area contributed by atoms with Gasteiger partial charge in [0.1, 0.15) is 6.54 Å². The van der Waals surface area contributed by atoms with Gasteiger partial charge in [0.25, 0.3) is 5.91 Å². The van der Waals surface area contributed by atoms with E-state index in [1.54, 1.807) is 0 Å². The number of carbonyl (C=O) groups is 1. The van der Waals surface area contributed by atoms with E-state index >= 15 is 0 Å². The van der Waals surface area contributed by atoms with Gasteiger partial charge in [0.2, 0.25) is 0 Å². The van der Waals surface area contributed by atoms with Crippen LogP contribution in [0, 0.1) is 17.1 Å². The number of carbonyl (C=O) groups excluding carboxylic acids is 1. The van der Waals surface area contributed by atoms with Crippen LogP contribution < -0.4 is 4.74 Å². The summed E-state index contributed by atoms with van der Waals surface area (Å²) in [6, 6.07) is 11.6. The summed E-state index contributed by atoms with van der Waals surface area (Å²) < 4.78 is 57.6. The summed E-state index contributed by atoms with van der Waals surface area (Å²) in [5.41, 5.74) is 0.767. The van der Waals surface area contributed by atoms with Crippen molar-refractivity contribution in [2.24, 2.45) is 0 Å². The molecular formula is C18H13BrF4N2O2. The van der Waals surface area contributed by atoms with Gasteiger partial charge in [-0.05, 0) is 35.9 Å². The van der Waals surface area contributed by atoms with Gasteiger partial charge in [-0.15, -0.1) is 0 Å². The van der Waals surface area contributed by atoms with Gasteiger partial charge in [0, 0.05) is 11.0 Å². The highest BCUT2D eigenvalue weighted by molar-refractivity contribution is 9.10. The molecule has 4 nitrogen and oxygen atoms in total. The van der Waals surface area contributed by atoms with Gasteiger partial charge in [0.05, 0.1) is 11.6 Å². The molecule has 0 aliphatic carbocycles. The number of alkyl halides is 3. The lowest BCUT2D eigenvalue weighted by Gasteiger charge is -2.24. The van der Waals surface area contributed by atoms with Crippen LogP contribution in [0.2, 0.25) is 0 Å². The normalized spacial score (nSPS) is 11.0. The van der Waals surface area contributed by atoms with Crippen LogP contribution in [-0.4, -0.2) is 30.1 Å². The predicted molar refractivity (Wildman–Crippen MR) is 92.2 cm³/mol. The zero-order valence-corrected chi connectivity index (χ0v) is 15.3. The molecule has 0 aliphatic rings. The molecular weight excluding hydrogens is 432 g/mol. The lowest BCUT2D eigenvalue weighted by molar-refractivity contribution is -0.163. The van der Waals surface area contributed by atoms with Crippen molar-refractivity contribution in [2.75, 3.05) is 13.2 Å². The van der Waals surface area contributed by atoms with Crippen LogP contribution in [-0.2, 0) is 11.3 Å². The third-order valence-corrected chi connectivity index (χ3v) is 3.92. The Morgan fingerprint density at radius 1 is 1.19 bits per heavy atom. The Morgan fingerprint density at radius 2 is 1.85 bits per heavy atom. The van der Waals surface area contributed by atoms with E-state index in [1.165, 1.54) is 36.4 Å². The molecule has 0 radical (unpaired) electrons. The van der Waals surface area contributed by atoms with Gasteiger partial charge < -0.3 is 9.64 Å². The zero-order chi connectivity index (χ0) is 20.0. The third kappa shape index (κ3) is 6.57. The van der Waals surface area contributed by atoms with Gasteiger partial charge in [-0.3, -0.25) is 4.79 Å². The fourth-order valence-electron chi connectivity index (χ4n) is 2.18. The lowest BCUT2D eigenvalue weighted by atomic mass is 10.1. The molecule has 0 spiro atoms. The van der Waals surface area contributed by atoms with Crippen LogP contribution in [0.25, 0.3) is 0 Å². The quantitative estimate of drug-likeness (QED) is 0.619. The summed E-state index contributed by atoms with van der Waals surface area (Å²) in [6.07, 6.45) is -4.61. The number of nitrogens with zero attached hydrogens (tertiary/aromatic N) is 2. The highest BCUT2D eigenvalue weighted by atomic mass is 79.9. The van der Waals surface area contributed by atoms with Crippen molar-refractivity contribution in [3.8, 4) is 11.8 Å². The second kappa shape index (κ2) is 8.86. The Morgan fingerprint density at radius 3 is 2.41 bits per heavy atom. The van der Waals surface area contributed by atoms with E-state index in [0.29, 0.717) is 20.5 Å². The molecule has 0 saturated heterocycles. The van der Waals surface area contributed by atoms with Gasteiger partial charge in [-0.1, -0.05) is 28.1 Å². The Bertz CT molecular complexity index is 848. The fourth-order valence-corrected chi connectivity index (χ4v) is 2.51. The van der Waals surface area contributed by atoms with Crippen molar-refractivity contribution in [3.05, 3.63) is 63.9 Å². The number of hydrogen-bond donors (Lipinski definition) is 0. The van der Waals surface area contributed by atoms with Crippen LogP contribution in [0.1, 0.15) is 11.1 Å². The molecule has 2 aromatic carbocycles. The average Bonchev–Trinajstić information content (AvgIpc) is 2.59. The average molecular weight is 445 g/mol. The van der Waals surface area contributed by atoms with Crippen molar-refractivity contribution in [3.63, 3.8) is 0 Å². The number of amides is 1. The summed E-state index contributed by atoms with van der Waals surface area (Å²) >= 11 is 3.06. The minimum absolute atomic E-state index is 0.239. The SMILES string of the molecule is N#Cc1ccc(CN(CC(F)(F)F)C(=O)COc2ccc(Br)cc2F)cc1. The van der Waals surface area contributed by atoms with Crippen molar-refractivity contribution in [1.82, 2.24) is 4.90 Å². The molecule has 27 heavy (non-hydrogen) atoms. The lowest BCUT2D eigenvalue weighted by Crippen LogP contribution is -2.41. The maximum Gasteiger partial charge on any atom is 0.406 e. The maximum absolute atomic E-state index is 13.7.